The molecule has 1 aromatic heterocycles. The Morgan fingerprint density at radius 1 is 1.28 bits per heavy atom. The first kappa shape index (κ1) is 11.9. The van der Waals surface area contributed by atoms with E-state index in [1.165, 1.54) is 12.1 Å². The number of aromatic amines is 2. The van der Waals surface area contributed by atoms with Crippen molar-refractivity contribution in [1.82, 2.24) is 14.8 Å². The van der Waals surface area contributed by atoms with E-state index in [0.717, 1.165) is 10.6 Å². The molecule has 1 heterocycles. The van der Waals surface area contributed by atoms with Gasteiger partial charge in [-0.3, -0.25) is 0 Å². The first-order valence-electron chi connectivity index (χ1n) is 5.02. The Hall–Kier alpha value is -2.59. The van der Waals surface area contributed by atoms with Crippen molar-refractivity contribution in [3.63, 3.8) is 0 Å². The van der Waals surface area contributed by atoms with Crippen LogP contribution in [0.1, 0.15) is 5.56 Å². The van der Waals surface area contributed by atoms with Crippen molar-refractivity contribution >= 4 is 0 Å². The van der Waals surface area contributed by atoms with Gasteiger partial charge < -0.3 is 5.73 Å². The van der Waals surface area contributed by atoms with Crippen LogP contribution in [0.4, 0.5) is 4.39 Å². The zero-order valence-corrected chi connectivity index (χ0v) is 9.16. The average Bonchev–Trinajstić information content (AvgIpc) is 2.68. The highest BCUT2D eigenvalue weighted by Crippen LogP contribution is 2.10. The monoisotopic (exact) mass is 248 g/mol. The normalized spacial score (nSPS) is 9.89. The molecular formula is C11H9FN4O2. The summed E-state index contributed by atoms with van der Waals surface area (Å²) in [5.41, 5.74) is 4.13. The van der Waals surface area contributed by atoms with E-state index < -0.39 is 17.2 Å². The van der Waals surface area contributed by atoms with Crippen molar-refractivity contribution < 1.29 is 4.39 Å². The zero-order valence-electron chi connectivity index (χ0n) is 9.16. The molecule has 0 aliphatic rings. The number of aromatic nitrogens is 3. The summed E-state index contributed by atoms with van der Waals surface area (Å²) < 4.78 is 14.4. The third-order valence-electron chi connectivity index (χ3n) is 2.22. The van der Waals surface area contributed by atoms with Crippen LogP contribution in [0.15, 0.2) is 27.8 Å². The van der Waals surface area contributed by atoms with Gasteiger partial charge in [-0.05, 0) is 18.2 Å². The van der Waals surface area contributed by atoms with E-state index in [4.69, 9.17) is 5.73 Å². The number of hydrogen-bond acceptors (Lipinski definition) is 3. The molecule has 0 saturated heterocycles. The Morgan fingerprint density at radius 2 is 1.94 bits per heavy atom. The fourth-order valence-corrected chi connectivity index (χ4v) is 1.44. The minimum absolute atomic E-state index is 0.123. The van der Waals surface area contributed by atoms with Crippen LogP contribution in [-0.4, -0.2) is 21.3 Å². The molecule has 0 spiro atoms. The van der Waals surface area contributed by atoms with Crippen molar-refractivity contribution in [1.29, 1.82) is 0 Å². The number of rotatable bonds is 1. The summed E-state index contributed by atoms with van der Waals surface area (Å²) in [5, 5.41) is 4.21. The number of nitrogens with zero attached hydrogens (tertiary/aromatic N) is 1. The number of benzene rings is 1. The van der Waals surface area contributed by atoms with Crippen molar-refractivity contribution in [3.8, 4) is 17.5 Å². The molecule has 92 valence electrons. The van der Waals surface area contributed by atoms with Crippen molar-refractivity contribution in [2.45, 2.75) is 0 Å². The number of halogens is 1. The lowest BCUT2D eigenvalue weighted by molar-refractivity contribution is 0.622. The Bertz CT molecular complexity index is 717. The van der Waals surface area contributed by atoms with E-state index in [-0.39, 0.29) is 17.8 Å². The minimum atomic E-state index is -0.666. The molecule has 4 N–H and O–H groups in total. The molecule has 0 amide bonds. The first-order valence-corrected chi connectivity index (χ1v) is 5.02. The van der Waals surface area contributed by atoms with Crippen LogP contribution in [0.3, 0.4) is 0 Å². The van der Waals surface area contributed by atoms with Crippen LogP contribution in [-0.2, 0) is 0 Å². The topological polar surface area (TPSA) is 96.7 Å². The zero-order chi connectivity index (χ0) is 13.1. The first-order chi connectivity index (χ1) is 8.63. The second-order valence-corrected chi connectivity index (χ2v) is 3.37. The third-order valence-corrected chi connectivity index (χ3v) is 2.22. The number of H-pyrrole nitrogens is 2. The van der Waals surface area contributed by atoms with E-state index in [1.54, 1.807) is 0 Å². The lowest BCUT2D eigenvalue weighted by Crippen LogP contribution is -2.24. The van der Waals surface area contributed by atoms with E-state index in [1.807, 2.05) is 0 Å². The molecule has 0 fully saturated rings. The molecule has 2 aromatic rings. The van der Waals surface area contributed by atoms with Gasteiger partial charge in [0.05, 0.1) is 17.8 Å². The third kappa shape index (κ3) is 2.09. The maximum atomic E-state index is 13.6. The van der Waals surface area contributed by atoms with Crippen molar-refractivity contribution in [3.05, 3.63) is 50.5 Å². The van der Waals surface area contributed by atoms with Gasteiger partial charge in [0, 0.05) is 0 Å². The second kappa shape index (κ2) is 4.73. The maximum absolute atomic E-state index is 13.6. The highest BCUT2D eigenvalue weighted by molar-refractivity contribution is 5.42. The van der Waals surface area contributed by atoms with E-state index >= 15 is 0 Å². The largest absolute Gasteiger partial charge is 0.348 e. The van der Waals surface area contributed by atoms with Crippen LogP contribution in [0.25, 0.3) is 5.69 Å². The Kier molecular flexibility index (Phi) is 3.12. The van der Waals surface area contributed by atoms with Gasteiger partial charge >= 0.3 is 11.4 Å². The Morgan fingerprint density at radius 3 is 2.50 bits per heavy atom. The van der Waals surface area contributed by atoms with Gasteiger partial charge in [0.25, 0.3) is 0 Å². The molecule has 0 aliphatic carbocycles. The van der Waals surface area contributed by atoms with E-state index in [2.05, 4.69) is 22.0 Å². The summed E-state index contributed by atoms with van der Waals surface area (Å²) in [6.45, 7) is 0.123. The molecule has 1 aromatic carbocycles. The fraction of sp³-hybridized carbons (Fsp3) is 0.0909. The molecular weight excluding hydrogens is 239 g/mol. The predicted molar refractivity (Wildman–Crippen MR) is 62.9 cm³/mol. The van der Waals surface area contributed by atoms with Crippen molar-refractivity contribution in [2.75, 3.05) is 6.54 Å². The number of hydrogen-bond donors (Lipinski definition) is 3. The van der Waals surface area contributed by atoms with E-state index in [9.17, 15) is 14.0 Å². The van der Waals surface area contributed by atoms with Crippen LogP contribution in [0, 0.1) is 17.7 Å². The molecule has 0 atom stereocenters. The summed E-state index contributed by atoms with van der Waals surface area (Å²) >= 11 is 0. The van der Waals surface area contributed by atoms with Gasteiger partial charge in [-0.15, -0.1) is 0 Å². The molecule has 18 heavy (non-hydrogen) atoms. The molecule has 0 saturated carbocycles. The summed E-state index contributed by atoms with van der Waals surface area (Å²) in [6, 6.07) is 3.87. The molecule has 0 radical (unpaired) electrons. The SMILES string of the molecule is NCC#Cc1ccc(-n2c(=O)[nH][nH]c2=O)cc1F. The van der Waals surface area contributed by atoms with Crippen LogP contribution in [0.2, 0.25) is 0 Å². The summed E-state index contributed by atoms with van der Waals surface area (Å²) in [7, 11) is 0. The molecule has 6 nitrogen and oxygen atoms in total. The van der Waals surface area contributed by atoms with Gasteiger partial charge in [0.1, 0.15) is 5.82 Å². The van der Waals surface area contributed by atoms with Crippen molar-refractivity contribution in [2.24, 2.45) is 5.73 Å². The Labute approximate surface area is 100 Å². The molecule has 2 rings (SSSR count). The van der Waals surface area contributed by atoms with Crippen LogP contribution >= 0.6 is 0 Å². The molecule has 0 bridgehead atoms. The highest BCUT2D eigenvalue weighted by Gasteiger charge is 2.08. The lowest BCUT2D eigenvalue weighted by atomic mass is 10.2. The minimum Gasteiger partial charge on any atom is -0.320 e. The number of nitrogens with one attached hydrogen (secondary N) is 2. The molecule has 0 aliphatic heterocycles. The fourth-order valence-electron chi connectivity index (χ4n) is 1.44. The van der Waals surface area contributed by atoms with Crippen LogP contribution < -0.4 is 17.1 Å². The number of nitrogens with two attached hydrogens (primary N) is 1. The second-order valence-electron chi connectivity index (χ2n) is 3.37. The summed E-state index contributed by atoms with van der Waals surface area (Å²) in [6.07, 6.45) is 0. The van der Waals surface area contributed by atoms with Crippen LogP contribution in [0.5, 0.6) is 0 Å². The van der Waals surface area contributed by atoms with Gasteiger partial charge in [-0.25, -0.2) is 28.7 Å². The summed E-state index contributed by atoms with van der Waals surface area (Å²) in [4.78, 5) is 22.6. The smallest absolute Gasteiger partial charge is 0.320 e. The summed E-state index contributed by atoms with van der Waals surface area (Å²) in [5.74, 6) is 4.44. The predicted octanol–water partition coefficient (Wildman–Crippen LogP) is -0.697. The quantitative estimate of drug-likeness (QED) is 0.582. The van der Waals surface area contributed by atoms with Gasteiger partial charge in [-0.1, -0.05) is 11.8 Å². The van der Waals surface area contributed by atoms with Gasteiger partial charge in [-0.2, -0.15) is 0 Å². The standard InChI is InChI=1S/C11H9FN4O2/c12-9-6-8(4-3-7(9)2-1-5-13)16-10(17)14-15-11(16)18/h3-4,6H,5,13H2,(H,14,17)(H,15,18). The average molecular weight is 248 g/mol. The van der Waals surface area contributed by atoms with E-state index in [0.29, 0.717) is 0 Å². The Balaban J connectivity index is 2.54. The molecule has 7 heteroatoms. The lowest BCUT2D eigenvalue weighted by Gasteiger charge is -2.00. The highest BCUT2D eigenvalue weighted by atomic mass is 19.1. The van der Waals surface area contributed by atoms with Gasteiger partial charge in [0.15, 0.2) is 0 Å². The van der Waals surface area contributed by atoms with Gasteiger partial charge in [0.2, 0.25) is 0 Å². The maximum Gasteiger partial charge on any atom is 0.348 e. The molecule has 0 unspecified atom stereocenters.